The first kappa shape index (κ1) is 22.2. The van der Waals surface area contributed by atoms with Crippen molar-refractivity contribution >= 4 is 29.9 Å². The highest BCUT2D eigenvalue weighted by Gasteiger charge is 2.27. The van der Waals surface area contributed by atoms with Gasteiger partial charge in [0.25, 0.3) is 5.91 Å². The summed E-state index contributed by atoms with van der Waals surface area (Å²) in [5.41, 5.74) is 1.84. The van der Waals surface area contributed by atoms with E-state index in [4.69, 9.17) is 9.84 Å². The summed E-state index contributed by atoms with van der Waals surface area (Å²) in [4.78, 5) is 48.6. The fourth-order valence-electron chi connectivity index (χ4n) is 3.23. The molecule has 3 amide bonds. The van der Waals surface area contributed by atoms with Gasteiger partial charge >= 0.3 is 5.97 Å². The molecule has 0 aliphatic carbocycles. The molecule has 0 aromatic heterocycles. The Kier molecular flexibility index (Phi) is 7.99. The van der Waals surface area contributed by atoms with E-state index in [1.54, 1.807) is 17.0 Å². The van der Waals surface area contributed by atoms with Gasteiger partial charge in [0.05, 0.1) is 5.92 Å². The lowest BCUT2D eigenvalue weighted by atomic mass is 9.97. The average Bonchev–Trinajstić information content (AvgIpc) is 2.71. The summed E-state index contributed by atoms with van der Waals surface area (Å²) in [5, 5.41) is 11.1. The Hall–Kier alpha value is -3.10. The van der Waals surface area contributed by atoms with Gasteiger partial charge in [-0.3, -0.25) is 24.5 Å². The van der Waals surface area contributed by atoms with Crippen molar-refractivity contribution in [2.24, 2.45) is 5.92 Å². The smallest absolute Gasteiger partial charge is 0.306 e. The van der Waals surface area contributed by atoms with Crippen LogP contribution in [-0.2, 0) is 19.2 Å². The molecule has 2 rings (SSSR count). The SMILES string of the molecule is Cc1ccc(OCC(=O)N2CCC(C(=O)O)CC2)cc1N(C)CCC(=O)NC=O. The van der Waals surface area contributed by atoms with Crippen LogP contribution in [0.2, 0.25) is 0 Å². The molecule has 1 fully saturated rings. The molecule has 0 radical (unpaired) electrons. The number of carboxylic acids is 1. The van der Waals surface area contributed by atoms with Crippen LogP contribution in [-0.4, -0.2) is 67.5 Å². The van der Waals surface area contributed by atoms with Gasteiger partial charge in [0, 0.05) is 44.9 Å². The molecule has 9 heteroatoms. The van der Waals surface area contributed by atoms with Crippen LogP contribution in [0.3, 0.4) is 0 Å². The van der Waals surface area contributed by atoms with Crippen molar-refractivity contribution in [3.05, 3.63) is 23.8 Å². The summed E-state index contributed by atoms with van der Waals surface area (Å²) in [6.45, 7) is 3.07. The molecule has 0 atom stereocenters. The number of imide groups is 1. The van der Waals surface area contributed by atoms with Crippen molar-refractivity contribution in [3.8, 4) is 5.75 Å². The monoisotopic (exact) mass is 405 g/mol. The minimum absolute atomic E-state index is 0.119. The molecular formula is C20H27N3O6. The quantitative estimate of drug-likeness (QED) is 0.584. The Balaban J connectivity index is 1.89. The number of hydrogen-bond donors (Lipinski definition) is 2. The number of benzene rings is 1. The number of hydrogen-bond acceptors (Lipinski definition) is 6. The van der Waals surface area contributed by atoms with Crippen molar-refractivity contribution in [3.63, 3.8) is 0 Å². The molecule has 9 nitrogen and oxygen atoms in total. The number of anilines is 1. The van der Waals surface area contributed by atoms with Gasteiger partial charge in [-0.05, 0) is 31.4 Å². The third kappa shape index (κ3) is 6.48. The molecule has 29 heavy (non-hydrogen) atoms. The van der Waals surface area contributed by atoms with Crippen LogP contribution >= 0.6 is 0 Å². The van der Waals surface area contributed by atoms with Crippen LogP contribution in [0.1, 0.15) is 24.8 Å². The summed E-state index contributed by atoms with van der Waals surface area (Å²) < 4.78 is 5.65. The summed E-state index contributed by atoms with van der Waals surface area (Å²) in [7, 11) is 1.83. The summed E-state index contributed by atoms with van der Waals surface area (Å²) in [5.74, 6) is -1.19. The molecule has 1 aliphatic heterocycles. The zero-order valence-corrected chi connectivity index (χ0v) is 16.7. The number of rotatable bonds is 9. The first-order chi connectivity index (χ1) is 13.8. The number of likely N-dealkylation sites (tertiary alicyclic amines) is 1. The lowest BCUT2D eigenvalue weighted by Gasteiger charge is -2.30. The molecule has 1 saturated heterocycles. The largest absolute Gasteiger partial charge is 0.484 e. The highest BCUT2D eigenvalue weighted by Crippen LogP contribution is 2.25. The second-order valence-corrected chi connectivity index (χ2v) is 7.09. The van der Waals surface area contributed by atoms with Crippen molar-refractivity contribution in [2.45, 2.75) is 26.2 Å². The minimum Gasteiger partial charge on any atom is -0.484 e. The number of carbonyl (C=O) groups excluding carboxylic acids is 3. The Morgan fingerprint density at radius 2 is 2.00 bits per heavy atom. The zero-order chi connectivity index (χ0) is 21.4. The van der Waals surface area contributed by atoms with Gasteiger partial charge in [0.1, 0.15) is 5.75 Å². The number of aryl methyl sites for hydroxylation is 1. The maximum Gasteiger partial charge on any atom is 0.306 e. The van der Waals surface area contributed by atoms with Gasteiger partial charge in [-0.1, -0.05) is 6.07 Å². The molecule has 0 spiro atoms. The third-order valence-corrected chi connectivity index (χ3v) is 5.05. The van der Waals surface area contributed by atoms with Gasteiger partial charge < -0.3 is 19.6 Å². The van der Waals surface area contributed by atoms with Crippen molar-refractivity contribution < 1.29 is 29.0 Å². The number of amides is 3. The van der Waals surface area contributed by atoms with E-state index in [2.05, 4.69) is 5.32 Å². The first-order valence-electron chi connectivity index (χ1n) is 9.50. The fraction of sp³-hybridized carbons (Fsp3) is 0.500. The summed E-state index contributed by atoms with van der Waals surface area (Å²) >= 11 is 0. The summed E-state index contributed by atoms with van der Waals surface area (Å²) in [6.07, 6.45) is 1.45. The van der Waals surface area contributed by atoms with Crippen molar-refractivity contribution in [1.82, 2.24) is 10.2 Å². The lowest BCUT2D eigenvalue weighted by Crippen LogP contribution is -2.42. The number of carboxylic acid groups (broad SMARTS) is 1. The minimum atomic E-state index is -0.812. The molecule has 1 aromatic carbocycles. The Bertz CT molecular complexity index is 759. The topological polar surface area (TPSA) is 116 Å². The number of aliphatic carboxylic acids is 1. The van der Waals surface area contributed by atoms with Crippen LogP contribution in [0, 0.1) is 12.8 Å². The maximum absolute atomic E-state index is 12.3. The van der Waals surface area contributed by atoms with Crippen LogP contribution < -0.4 is 15.0 Å². The summed E-state index contributed by atoms with van der Waals surface area (Å²) in [6, 6.07) is 5.45. The molecule has 1 aliphatic rings. The van der Waals surface area contributed by atoms with Gasteiger partial charge in [0.2, 0.25) is 12.3 Å². The lowest BCUT2D eigenvalue weighted by molar-refractivity contribution is -0.146. The van der Waals surface area contributed by atoms with E-state index in [9.17, 15) is 19.2 Å². The van der Waals surface area contributed by atoms with Gasteiger partial charge in [-0.25, -0.2) is 0 Å². The molecule has 158 valence electrons. The van der Waals surface area contributed by atoms with Crippen LogP contribution in [0.4, 0.5) is 5.69 Å². The third-order valence-electron chi connectivity index (χ3n) is 5.05. The number of nitrogens with zero attached hydrogens (tertiary/aromatic N) is 2. The molecule has 2 N–H and O–H groups in total. The second kappa shape index (κ2) is 10.4. The highest BCUT2D eigenvalue weighted by molar-refractivity contribution is 5.86. The fourth-order valence-corrected chi connectivity index (χ4v) is 3.23. The zero-order valence-electron chi connectivity index (χ0n) is 16.7. The Morgan fingerprint density at radius 1 is 1.31 bits per heavy atom. The molecule has 0 unspecified atom stereocenters. The first-order valence-corrected chi connectivity index (χ1v) is 9.50. The molecule has 1 heterocycles. The van der Waals surface area contributed by atoms with E-state index in [0.717, 1.165) is 11.3 Å². The van der Waals surface area contributed by atoms with Crippen LogP contribution in [0.15, 0.2) is 18.2 Å². The van der Waals surface area contributed by atoms with E-state index in [1.807, 2.05) is 24.9 Å². The molecular weight excluding hydrogens is 378 g/mol. The molecule has 0 saturated carbocycles. The van der Waals surface area contributed by atoms with E-state index >= 15 is 0 Å². The number of carbonyl (C=O) groups is 4. The predicted molar refractivity (Wildman–Crippen MR) is 106 cm³/mol. The van der Waals surface area contributed by atoms with Crippen molar-refractivity contribution in [2.75, 3.05) is 38.2 Å². The van der Waals surface area contributed by atoms with E-state index < -0.39 is 5.97 Å². The Labute approximate surface area is 169 Å². The predicted octanol–water partition coefficient (Wildman–Crippen LogP) is 0.796. The van der Waals surface area contributed by atoms with Crippen LogP contribution in [0.25, 0.3) is 0 Å². The van der Waals surface area contributed by atoms with Gasteiger partial charge in [0.15, 0.2) is 6.61 Å². The molecule has 0 bridgehead atoms. The van der Waals surface area contributed by atoms with E-state index in [1.165, 1.54) is 0 Å². The normalized spacial score (nSPS) is 14.2. The van der Waals surface area contributed by atoms with Gasteiger partial charge in [-0.15, -0.1) is 0 Å². The standard InChI is InChI=1S/C20H27N3O6/c1-14-3-4-16(11-17(14)22(2)8-7-18(25)21-13-24)29-12-19(26)23-9-5-15(6-10-23)20(27)28/h3-4,11,13,15H,5-10,12H2,1-2H3,(H,27,28)(H,21,24,25). The molecule has 1 aromatic rings. The second-order valence-electron chi connectivity index (χ2n) is 7.09. The highest BCUT2D eigenvalue weighted by atomic mass is 16.5. The van der Waals surface area contributed by atoms with E-state index in [-0.39, 0.29) is 30.8 Å². The maximum atomic E-state index is 12.3. The van der Waals surface area contributed by atoms with E-state index in [0.29, 0.717) is 44.6 Å². The van der Waals surface area contributed by atoms with Crippen molar-refractivity contribution in [1.29, 1.82) is 0 Å². The average molecular weight is 405 g/mol. The number of piperidine rings is 1. The van der Waals surface area contributed by atoms with Gasteiger partial charge in [-0.2, -0.15) is 0 Å². The van der Waals surface area contributed by atoms with Crippen LogP contribution in [0.5, 0.6) is 5.75 Å². The Morgan fingerprint density at radius 3 is 2.62 bits per heavy atom. The number of ether oxygens (including phenoxy) is 1. The number of nitrogens with one attached hydrogen (secondary N) is 1.